The maximum Gasteiger partial charge on any atom is 0.331 e. The molecule has 0 bridgehead atoms. The molecular weight excluding hydrogens is 300 g/mol. The van der Waals surface area contributed by atoms with Crippen LogP contribution in [0.25, 0.3) is 0 Å². The Hall–Kier alpha value is -1.95. The number of ketones is 1. The minimum Gasteiger partial charge on any atom is -0.478 e. The van der Waals surface area contributed by atoms with Gasteiger partial charge in [-0.15, -0.1) is 0 Å². The summed E-state index contributed by atoms with van der Waals surface area (Å²) in [6.07, 6.45) is 2.40. The molecule has 0 unspecified atom stereocenters. The van der Waals surface area contributed by atoms with Crippen LogP contribution in [0.5, 0.6) is 0 Å². The number of carbonyl (C=O) groups excluding carboxylic acids is 2. The monoisotopic (exact) mass is 322 g/mol. The Morgan fingerprint density at radius 1 is 1.43 bits per heavy atom. The fourth-order valence-corrected chi connectivity index (χ4v) is 3.76. The average molecular weight is 322 g/mol. The highest BCUT2D eigenvalue weighted by Gasteiger charge is 2.58. The summed E-state index contributed by atoms with van der Waals surface area (Å²) in [6, 6.07) is 0. The van der Waals surface area contributed by atoms with E-state index in [9.17, 15) is 19.5 Å². The lowest BCUT2D eigenvalue weighted by Gasteiger charge is -2.54. The van der Waals surface area contributed by atoms with Crippen LogP contribution in [0.1, 0.15) is 40.0 Å². The quantitative estimate of drug-likeness (QED) is 0.607. The molecule has 1 fully saturated rings. The van der Waals surface area contributed by atoms with Gasteiger partial charge in [0.1, 0.15) is 0 Å². The Morgan fingerprint density at radius 3 is 2.57 bits per heavy atom. The number of carboxylic acid groups (broad SMARTS) is 1. The summed E-state index contributed by atoms with van der Waals surface area (Å²) in [7, 11) is 0. The molecule has 23 heavy (non-hydrogen) atoms. The van der Waals surface area contributed by atoms with Gasteiger partial charge in [0.15, 0.2) is 5.76 Å². The lowest BCUT2D eigenvalue weighted by Crippen LogP contribution is -2.58. The Bertz CT molecular complexity index is 619. The van der Waals surface area contributed by atoms with E-state index in [0.29, 0.717) is 12.8 Å². The van der Waals surface area contributed by atoms with Crippen LogP contribution in [0.4, 0.5) is 0 Å². The van der Waals surface area contributed by atoms with E-state index >= 15 is 0 Å². The van der Waals surface area contributed by atoms with Gasteiger partial charge in [0.05, 0.1) is 5.60 Å². The molecule has 2 N–H and O–H groups in total. The molecule has 0 aromatic heterocycles. The SMILES string of the molecule is C=C(C(=O)O)[C@@H]1CC[C@@]2(O)C=C(OC(C)=O)C(=O)[C@H](C)[C@@]2(C)C1. The first-order valence-electron chi connectivity index (χ1n) is 7.62. The Morgan fingerprint density at radius 2 is 2.04 bits per heavy atom. The van der Waals surface area contributed by atoms with E-state index in [1.165, 1.54) is 13.0 Å². The summed E-state index contributed by atoms with van der Waals surface area (Å²) in [6.45, 7) is 8.27. The number of aliphatic hydroxyl groups is 1. The molecule has 0 heterocycles. The molecule has 0 amide bonds. The van der Waals surface area contributed by atoms with Crippen molar-refractivity contribution in [2.45, 2.75) is 45.6 Å². The van der Waals surface area contributed by atoms with E-state index in [1.807, 2.05) is 0 Å². The molecule has 1 saturated carbocycles. The number of carboxylic acids is 1. The van der Waals surface area contributed by atoms with Gasteiger partial charge in [-0.05, 0) is 31.3 Å². The van der Waals surface area contributed by atoms with Gasteiger partial charge in [-0.2, -0.15) is 0 Å². The van der Waals surface area contributed by atoms with Crippen molar-refractivity contribution in [2.75, 3.05) is 0 Å². The fourth-order valence-electron chi connectivity index (χ4n) is 3.76. The molecule has 0 radical (unpaired) electrons. The summed E-state index contributed by atoms with van der Waals surface area (Å²) in [5, 5.41) is 20.2. The van der Waals surface area contributed by atoms with Crippen LogP contribution in [0.3, 0.4) is 0 Å². The van der Waals surface area contributed by atoms with Crippen molar-refractivity contribution in [3.05, 3.63) is 24.0 Å². The predicted molar refractivity (Wildman–Crippen MR) is 81.2 cm³/mol. The zero-order valence-electron chi connectivity index (χ0n) is 13.6. The zero-order chi connectivity index (χ0) is 17.6. The second-order valence-corrected chi connectivity index (χ2v) is 6.80. The van der Waals surface area contributed by atoms with E-state index in [1.54, 1.807) is 13.8 Å². The van der Waals surface area contributed by atoms with Crippen molar-refractivity contribution in [1.82, 2.24) is 0 Å². The fraction of sp³-hybridized carbons (Fsp3) is 0.588. The van der Waals surface area contributed by atoms with Crippen LogP contribution in [0.2, 0.25) is 0 Å². The summed E-state index contributed by atoms with van der Waals surface area (Å²) in [4.78, 5) is 34.8. The average Bonchev–Trinajstić information content (AvgIpc) is 2.45. The van der Waals surface area contributed by atoms with Crippen LogP contribution in [-0.2, 0) is 19.1 Å². The highest BCUT2D eigenvalue weighted by atomic mass is 16.5. The molecule has 2 rings (SSSR count). The van der Waals surface area contributed by atoms with Crippen molar-refractivity contribution in [3.63, 3.8) is 0 Å². The highest BCUT2D eigenvalue weighted by Crippen LogP contribution is 2.56. The number of hydrogen-bond acceptors (Lipinski definition) is 5. The number of esters is 1. The van der Waals surface area contributed by atoms with Gasteiger partial charge in [-0.3, -0.25) is 9.59 Å². The van der Waals surface area contributed by atoms with Crippen molar-refractivity contribution >= 4 is 17.7 Å². The van der Waals surface area contributed by atoms with Crippen LogP contribution < -0.4 is 0 Å². The lowest BCUT2D eigenvalue weighted by molar-refractivity contribution is -0.156. The molecule has 2 aliphatic carbocycles. The predicted octanol–water partition coefficient (Wildman–Crippen LogP) is 1.83. The lowest BCUT2D eigenvalue weighted by atomic mass is 9.52. The van der Waals surface area contributed by atoms with E-state index in [-0.39, 0.29) is 29.5 Å². The van der Waals surface area contributed by atoms with Crippen LogP contribution in [-0.4, -0.2) is 33.5 Å². The number of fused-ring (bicyclic) bond motifs is 1. The van der Waals surface area contributed by atoms with Gasteiger partial charge in [-0.25, -0.2) is 4.79 Å². The first kappa shape index (κ1) is 17.4. The number of rotatable bonds is 3. The van der Waals surface area contributed by atoms with Gasteiger partial charge >= 0.3 is 11.9 Å². The molecule has 0 spiro atoms. The molecule has 6 nitrogen and oxygen atoms in total. The minimum absolute atomic E-state index is 0.0997. The second-order valence-electron chi connectivity index (χ2n) is 6.80. The summed E-state index contributed by atoms with van der Waals surface area (Å²) in [5.41, 5.74) is -2.06. The minimum atomic E-state index is -1.32. The topological polar surface area (TPSA) is 101 Å². The standard InChI is InChI=1S/C17H22O6/c1-9(15(20)21)12-5-6-17(22)8-13(23-11(3)18)14(19)10(2)16(17,4)7-12/h8,10,12,22H,1,5-7H2,2-4H3,(H,20,21)/t10-,12+,16+,17+/m0/s1. The molecular formula is C17H22O6. The van der Waals surface area contributed by atoms with Gasteiger partial charge < -0.3 is 14.9 Å². The molecule has 0 aromatic carbocycles. The maximum absolute atomic E-state index is 12.5. The third-order valence-corrected chi connectivity index (χ3v) is 5.52. The van der Waals surface area contributed by atoms with Gasteiger partial charge in [0.2, 0.25) is 5.78 Å². The van der Waals surface area contributed by atoms with E-state index < -0.39 is 28.9 Å². The van der Waals surface area contributed by atoms with Crippen LogP contribution >= 0.6 is 0 Å². The van der Waals surface area contributed by atoms with Gasteiger partial charge in [0.25, 0.3) is 0 Å². The van der Waals surface area contributed by atoms with Gasteiger partial charge in [-0.1, -0.05) is 20.4 Å². The molecule has 2 aliphatic rings. The van der Waals surface area contributed by atoms with Crippen molar-refractivity contribution in [1.29, 1.82) is 0 Å². The number of Topliss-reactive ketones (excluding diaryl/α,β-unsaturated/α-hetero) is 1. The molecule has 0 saturated heterocycles. The second kappa shape index (κ2) is 5.60. The van der Waals surface area contributed by atoms with Crippen molar-refractivity contribution in [3.8, 4) is 0 Å². The summed E-state index contributed by atoms with van der Waals surface area (Å²) >= 11 is 0. The van der Waals surface area contributed by atoms with E-state index in [2.05, 4.69) is 6.58 Å². The smallest absolute Gasteiger partial charge is 0.331 e. The number of hydrogen-bond donors (Lipinski definition) is 2. The largest absolute Gasteiger partial charge is 0.478 e. The van der Waals surface area contributed by atoms with Gasteiger partial charge in [0, 0.05) is 23.8 Å². The third-order valence-electron chi connectivity index (χ3n) is 5.52. The van der Waals surface area contributed by atoms with E-state index in [0.717, 1.165) is 0 Å². The number of ether oxygens (including phenoxy) is 1. The van der Waals surface area contributed by atoms with Crippen LogP contribution in [0, 0.1) is 17.3 Å². The number of allylic oxidation sites excluding steroid dienone is 1. The molecule has 6 heteroatoms. The highest BCUT2D eigenvalue weighted by molar-refractivity contribution is 5.99. The first-order valence-corrected chi connectivity index (χ1v) is 7.62. The number of carbonyl (C=O) groups is 3. The molecule has 4 atom stereocenters. The Balaban J connectivity index is 2.40. The molecule has 0 aromatic rings. The maximum atomic E-state index is 12.5. The molecule has 126 valence electrons. The summed E-state index contributed by atoms with van der Waals surface area (Å²) in [5.74, 6) is -3.05. The third kappa shape index (κ3) is 2.72. The number of aliphatic carboxylic acids is 1. The van der Waals surface area contributed by atoms with Crippen molar-refractivity contribution in [2.24, 2.45) is 17.3 Å². The van der Waals surface area contributed by atoms with E-state index in [4.69, 9.17) is 9.84 Å². The molecule has 0 aliphatic heterocycles. The normalized spacial score (nSPS) is 36.7. The Labute approximate surface area is 134 Å². The first-order chi connectivity index (χ1) is 10.5. The Kier molecular flexibility index (Phi) is 4.24. The zero-order valence-corrected chi connectivity index (χ0v) is 13.6. The van der Waals surface area contributed by atoms with Crippen molar-refractivity contribution < 1.29 is 29.3 Å². The summed E-state index contributed by atoms with van der Waals surface area (Å²) < 4.78 is 4.95. The van der Waals surface area contributed by atoms with Crippen LogP contribution in [0.15, 0.2) is 24.0 Å².